The second-order valence-corrected chi connectivity index (χ2v) is 7.24. The Bertz CT molecular complexity index is 1150. The quantitative estimate of drug-likeness (QED) is 0.635. The molecule has 0 atom stereocenters. The van der Waals surface area contributed by atoms with Gasteiger partial charge in [0, 0.05) is 24.7 Å². The number of fused-ring (bicyclic) bond motifs is 1. The number of carbonyl (C=O) groups excluding carboxylic acids is 1. The number of alkyl halides is 3. The fourth-order valence-electron chi connectivity index (χ4n) is 3.54. The van der Waals surface area contributed by atoms with Crippen LogP contribution in [0.1, 0.15) is 29.0 Å². The summed E-state index contributed by atoms with van der Waals surface area (Å²) in [6.07, 6.45) is -4.26. The Kier molecular flexibility index (Phi) is 5.11. The number of carbonyl (C=O) groups is 2. The number of carboxylic acids is 1. The molecular weight excluding hydrogens is 420 g/mol. The summed E-state index contributed by atoms with van der Waals surface area (Å²) in [6.45, 7) is 0.341. The molecule has 0 bridgehead atoms. The van der Waals surface area contributed by atoms with Crippen LogP contribution in [0.5, 0.6) is 0 Å². The molecule has 0 radical (unpaired) electrons. The summed E-state index contributed by atoms with van der Waals surface area (Å²) in [5.41, 5.74) is -1.29. The number of amides is 1. The van der Waals surface area contributed by atoms with Gasteiger partial charge in [0.15, 0.2) is 17.0 Å². The molecule has 162 valence electrons. The summed E-state index contributed by atoms with van der Waals surface area (Å²) >= 11 is 0. The number of halogens is 4. The number of piperidine rings is 1. The van der Waals surface area contributed by atoms with E-state index in [9.17, 15) is 27.2 Å². The number of nitrogens with zero attached hydrogens (tertiary/aromatic N) is 4. The van der Waals surface area contributed by atoms with Crippen molar-refractivity contribution in [3.05, 3.63) is 53.6 Å². The predicted molar refractivity (Wildman–Crippen MR) is 99.6 cm³/mol. The Balaban J connectivity index is 1.71. The predicted octanol–water partition coefficient (Wildman–Crippen LogP) is 3.49. The molecule has 1 N–H and O–H groups in total. The molecule has 11 heteroatoms. The van der Waals surface area contributed by atoms with Crippen molar-refractivity contribution in [3.63, 3.8) is 0 Å². The number of aromatic nitrogens is 3. The lowest BCUT2D eigenvalue weighted by Gasteiger charge is -2.29. The van der Waals surface area contributed by atoms with Gasteiger partial charge < -0.3 is 10.0 Å². The van der Waals surface area contributed by atoms with Crippen LogP contribution in [0.15, 0.2) is 36.4 Å². The number of carboxylic acid groups (broad SMARTS) is 1. The van der Waals surface area contributed by atoms with Gasteiger partial charge in [0.2, 0.25) is 0 Å². The number of hydrogen-bond acceptors (Lipinski definition) is 4. The molecule has 1 amide bonds. The van der Waals surface area contributed by atoms with Crippen molar-refractivity contribution in [2.45, 2.75) is 19.0 Å². The summed E-state index contributed by atoms with van der Waals surface area (Å²) in [7, 11) is 0. The van der Waals surface area contributed by atoms with Crippen LogP contribution in [0, 0.1) is 11.7 Å². The summed E-state index contributed by atoms with van der Waals surface area (Å²) < 4.78 is 54.7. The first kappa shape index (κ1) is 20.8. The monoisotopic (exact) mass is 436 g/mol. The lowest BCUT2D eigenvalue weighted by Crippen LogP contribution is -2.40. The van der Waals surface area contributed by atoms with Crippen LogP contribution in [0.4, 0.5) is 17.6 Å². The highest BCUT2D eigenvalue weighted by molar-refractivity contribution is 5.93. The smallest absolute Gasteiger partial charge is 0.433 e. The molecule has 4 rings (SSSR count). The highest BCUT2D eigenvalue weighted by Crippen LogP contribution is 2.32. The summed E-state index contributed by atoms with van der Waals surface area (Å²) in [6, 6.07) is 6.79. The van der Waals surface area contributed by atoms with E-state index in [1.807, 2.05) is 0 Å². The molecule has 1 aliphatic heterocycles. The largest absolute Gasteiger partial charge is 0.481 e. The maximum absolute atomic E-state index is 13.7. The molecule has 1 saturated heterocycles. The molecule has 0 spiro atoms. The standard InChI is InChI=1S/C20H16F4N4O3/c21-13-3-1-11(2-4-13)14-9-16(20(22,23)24)28-17(25-14)10-15(26-28)18(29)27-7-5-12(6-8-27)19(30)31/h1-4,9-10,12H,5-8H2,(H,30,31). The van der Waals surface area contributed by atoms with Crippen molar-refractivity contribution in [1.29, 1.82) is 0 Å². The van der Waals surface area contributed by atoms with E-state index in [1.165, 1.54) is 17.0 Å². The molecule has 0 saturated carbocycles. The number of benzene rings is 1. The van der Waals surface area contributed by atoms with E-state index >= 15 is 0 Å². The summed E-state index contributed by atoms with van der Waals surface area (Å²) in [5.74, 6) is -2.62. The maximum atomic E-state index is 13.7. The lowest BCUT2D eigenvalue weighted by molar-refractivity contribution is -0.143. The second-order valence-electron chi connectivity index (χ2n) is 7.24. The Morgan fingerprint density at radius 2 is 1.71 bits per heavy atom. The topological polar surface area (TPSA) is 87.8 Å². The number of hydrogen-bond donors (Lipinski definition) is 1. The van der Waals surface area contributed by atoms with E-state index in [2.05, 4.69) is 10.1 Å². The van der Waals surface area contributed by atoms with Crippen LogP contribution in [-0.2, 0) is 11.0 Å². The van der Waals surface area contributed by atoms with Gasteiger partial charge in [0.05, 0.1) is 11.6 Å². The van der Waals surface area contributed by atoms with Crippen LogP contribution in [0.2, 0.25) is 0 Å². The van der Waals surface area contributed by atoms with Crippen LogP contribution in [0.3, 0.4) is 0 Å². The molecule has 2 aromatic heterocycles. The zero-order valence-corrected chi connectivity index (χ0v) is 15.9. The van der Waals surface area contributed by atoms with E-state index in [4.69, 9.17) is 5.11 Å². The van der Waals surface area contributed by atoms with Gasteiger partial charge >= 0.3 is 12.1 Å². The zero-order chi connectivity index (χ0) is 22.3. The Morgan fingerprint density at radius 1 is 1.06 bits per heavy atom. The van der Waals surface area contributed by atoms with E-state index in [1.54, 1.807) is 0 Å². The first-order valence-corrected chi connectivity index (χ1v) is 9.39. The molecule has 3 heterocycles. The summed E-state index contributed by atoms with van der Waals surface area (Å²) in [5, 5.41) is 12.9. The molecular formula is C20H16F4N4O3. The fraction of sp³-hybridized carbons (Fsp3) is 0.300. The van der Waals surface area contributed by atoms with E-state index in [0.29, 0.717) is 4.52 Å². The van der Waals surface area contributed by atoms with Crippen molar-refractivity contribution in [2.75, 3.05) is 13.1 Å². The molecule has 0 aliphatic carbocycles. The van der Waals surface area contributed by atoms with Gasteiger partial charge in [-0.1, -0.05) is 0 Å². The van der Waals surface area contributed by atoms with Gasteiger partial charge in [-0.15, -0.1) is 0 Å². The van der Waals surface area contributed by atoms with Gasteiger partial charge in [0.25, 0.3) is 5.91 Å². The first-order chi connectivity index (χ1) is 14.6. The fourth-order valence-corrected chi connectivity index (χ4v) is 3.54. The van der Waals surface area contributed by atoms with Crippen LogP contribution < -0.4 is 0 Å². The van der Waals surface area contributed by atoms with Crippen LogP contribution >= 0.6 is 0 Å². The molecule has 1 aromatic carbocycles. The number of rotatable bonds is 3. The van der Waals surface area contributed by atoms with Crippen LogP contribution in [-0.4, -0.2) is 49.6 Å². The number of likely N-dealkylation sites (tertiary alicyclic amines) is 1. The third-order valence-corrected chi connectivity index (χ3v) is 5.21. The average molecular weight is 436 g/mol. The third-order valence-electron chi connectivity index (χ3n) is 5.21. The molecule has 3 aromatic rings. The molecule has 1 aliphatic rings. The minimum atomic E-state index is -4.78. The van der Waals surface area contributed by atoms with E-state index in [-0.39, 0.29) is 48.5 Å². The van der Waals surface area contributed by atoms with E-state index < -0.39 is 35.5 Å². The zero-order valence-electron chi connectivity index (χ0n) is 15.9. The van der Waals surface area contributed by atoms with Crippen molar-refractivity contribution in [3.8, 4) is 11.3 Å². The third kappa shape index (κ3) is 4.07. The molecule has 7 nitrogen and oxygen atoms in total. The first-order valence-electron chi connectivity index (χ1n) is 9.39. The molecule has 31 heavy (non-hydrogen) atoms. The van der Waals surface area contributed by atoms with Gasteiger partial charge in [-0.3, -0.25) is 9.59 Å². The van der Waals surface area contributed by atoms with Crippen molar-refractivity contribution in [1.82, 2.24) is 19.5 Å². The normalized spacial score (nSPS) is 15.4. The Morgan fingerprint density at radius 3 is 2.29 bits per heavy atom. The molecule has 0 unspecified atom stereocenters. The SMILES string of the molecule is O=C(O)C1CCN(C(=O)c2cc3nc(-c4ccc(F)cc4)cc(C(F)(F)F)n3n2)CC1. The van der Waals surface area contributed by atoms with Crippen molar-refractivity contribution < 1.29 is 32.3 Å². The van der Waals surface area contributed by atoms with Gasteiger partial charge in [0.1, 0.15) is 5.82 Å². The van der Waals surface area contributed by atoms with Gasteiger partial charge in [-0.2, -0.15) is 18.3 Å². The van der Waals surface area contributed by atoms with Gasteiger partial charge in [-0.25, -0.2) is 13.9 Å². The highest BCUT2D eigenvalue weighted by Gasteiger charge is 2.36. The van der Waals surface area contributed by atoms with Crippen molar-refractivity contribution >= 4 is 17.5 Å². The van der Waals surface area contributed by atoms with Crippen LogP contribution in [0.25, 0.3) is 16.9 Å². The minimum Gasteiger partial charge on any atom is -0.481 e. The van der Waals surface area contributed by atoms with Gasteiger partial charge in [-0.05, 0) is 43.2 Å². The van der Waals surface area contributed by atoms with E-state index in [0.717, 1.165) is 24.3 Å². The summed E-state index contributed by atoms with van der Waals surface area (Å²) in [4.78, 5) is 29.3. The number of aliphatic carboxylic acids is 1. The minimum absolute atomic E-state index is 0.0407. The van der Waals surface area contributed by atoms with Crippen molar-refractivity contribution in [2.24, 2.45) is 5.92 Å². The average Bonchev–Trinajstić information content (AvgIpc) is 3.16. The Hall–Kier alpha value is -3.50. The maximum Gasteiger partial charge on any atom is 0.433 e. The second kappa shape index (κ2) is 7.64. The highest BCUT2D eigenvalue weighted by atomic mass is 19.4. The molecule has 1 fully saturated rings. The Labute approximate surface area is 172 Å². The lowest BCUT2D eigenvalue weighted by atomic mass is 9.97.